The minimum atomic E-state index is -0.0513. The summed E-state index contributed by atoms with van der Waals surface area (Å²) in [6.45, 7) is 4.62. The van der Waals surface area contributed by atoms with Gasteiger partial charge < -0.3 is 5.73 Å². The molecule has 0 aliphatic heterocycles. The first-order valence-electron chi connectivity index (χ1n) is 4.70. The molecule has 1 nitrogen and oxygen atoms in total. The van der Waals surface area contributed by atoms with E-state index in [-0.39, 0.29) is 5.54 Å². The quantitative estimate of drug-likeness (QED) is 0.593. The molecule has 1 aliphatic rings. The van der Waals surface area contributed by atoms with Gasteiger partial charge in [0.2, 0.25) is 0 Å². The largest absolute Gasteiger partial charge is 0.324 e. The van der Waals surface area contributed by atoms with Crippen LogP contribution < -0.4 is 5.73 Å². The van der Waals surface area contributed by atoms with Crippen molar-refractivity contribution in [1.82, 2.24) is 0 Å². The van der Waals surface area contributed by atoms with Crippen LogP contribution in [0, 0.1) is 17.8 Å². The zero-order valence-electron chi connectivity index (χ0n) is 8.19. The number of rotatable bonds is 1. The lowest BCUT2D eigenvalue weighted by atomic mass is 9.69. The van der Waals surface area contributed by atoms with Gasteiger partial charge in [0.1, 0.15) is 0 Å². The molecular weight excluding hydrogens is 146 g/mol. The second kappa shape index (κ2) is 3.11. The average Bonchev–Trinajstić information content (AvgIpc) is 1.98. The molecule has 1 rings (SSSR count). The lowest BCUT2D eigenvalue weighted by Crippen LogP contribution is -2.44. The van der Waals surface area contributed by atoms with Crippen molar-refractivity contribution in [2.24, 2.45) is 11.1 Å². The molecule has 0 radical (unpaired) electrons. The van der Waals surface area contributed by atoms with Crippen molar-refractivity contribution in [2.45, 2.75) is 51.5 Å². The minimum Gasteiger partial charge on any atom is -0.324 e. The number of nitrogens with two attached hydrogens (primary N) is 1. The molecule has 0 aromatic rings. The summed E-state index contributed by atoms with van der Waals surface area (Å²) >= 11 is 0. The summed E-state index contributed by atoms with van der Waals surface area (Å²) in [4.78, 5) is 0. The number of terminal acetylenes is 1. The van der Waals surface area contributed by atoms with Gasteiger partial charge in [-0.3, -0.25) is 0 Å². The number of hydrogen-bond donors (Lipinski definition) is 1. The zero-order chi connectivity index (χ0) is 9.24. The van der Waals surface area contributed by atoms with Crippen molar-refractivity contribution in [2.75, 3.05) is 0 Å². The van der Waals surface area contributed by atoms with Crippen LogP contribution in [-0.2, 0) is 0 Å². The van der Waals surface area contributed by atoms with Gasteiger partial charge in [0.25, 0.3) is 0 Å². The number of hydrogen-bond acceptors (Lipinski definition) is 1. The van der Waals surface area contributed by atoms with Crippen LogP contribution in [0.5, 0.6) is 0 Å². The Kier molecular flexibility index (Phi) is 2.49. The van der Waals surface area contributed by atoms with Crippen molar-refractivity contribution in [3.05, 3.63) is 0 Å². The van der Waals surface area contributed by atoms with Crippen molar-refractivity contribution in [3.8, 4) is 12.3 Å². The molecule has 0 atom stereocenters. The van der Waals surface area contributed by atoms with Gasteiger partial charge in [-0.2, -0.15) is 0 Å². The average molecular weight is 165 g/mol. The minimum absolute atomic E-state index is 0.0513. The SMILES string of the molecule is C#CCC1(N)CCC(C)(C)CC1. The van der Waals surface area contributed by atoms with E-state index in [0.717, 1.165) is 19.3 Å². The fourth-order valence-electron chi connectivity index (χ4n) is 1.80. The maximum Gasteiger partial charge on any atom is 0.0267 e. The standard InChI is InChI=1S/C11H19N/c1-4-5-11(12)8-6-10(2,3)7-9-11/h1H,5-9,12H2,2-3H3. The molecule has 0 aromatic carbocycles. The molecule has 0 amide bonds. The normalized spacial score (nSPS) is 26.2. The molecule has 1 fully saturated rings. The van der Waals surface area contributed by atoms with Crippen LogP contribution >= 0.6 is 0 Å². The van der Waals surface area contributed by atoms with Gasteiger partial charge in [0.15, 0.2) is 0 Å². The summed E-state index contributed by atoms with van der Waals surface area (Å²) in [7, 11) is 0. The summed E-state index contributed by atoms with van der Waals surface area (Å²) in [6, 6.07) is 0. The Balaban J connectivity index is 2.51. The highest BCUT2D eigenvalue weighted by atomic mass is 14.7. The van der Waals surface area contributed by atoms with Gasteiger partial charge in [-0.05, 0) is 31.1 Å². The van der Waals surface area contributed by atoms with Crippen LogP contribution in [0.25, 0.3) is 0 Å². The zero-order valence-corrected chi connectivity index (χ0v) is 8.19. The van der Waals surface area contributed by atoms with Crippen LogP contribution in [0.2, 0.25) is 0 Å². The Bertz CT molecular complexity index is 188. The van der Waals surface area contributed by atoms with Crippen LogP contribution in [-0.4, -0.2) is 5.54 Å². The van der Waals surface area contributed by atoms with Gasteiger partial charge in [-0.1, -0.05) is 13.8 Å². The molecule has 1 aliphatic carbocycles. The van der Waals surface area contributed by atoms with Gasteiger partial charge in [-0.25, -0.2) is 0 Å². The van der Waals surface area contributed by atoms with Gasteiger partial charge >= 0.3 is 0 Å². The summed E-state index contributed by atoms with van der Waals surface area (Å²) in [5, 5.41) is 0. The van der Waals surface area contributed by atoms with Crippen LogP contribution in [0.4, 0.5) is 0 Å². The van der Waals surface area contributed by atoms with Crippen molar-refractivity contribution >= 4 is 0 Å². The summed E-state index contributed by atoms with van der Waals surface area (Å²) in [6.07, 6.45) is 10.6. The fraction of sp³-hybridized carbons (Fsp3) is 0.818. The first kappa shape index (κ1) is 9.61. The van der Waals surface area contributed by atoms with E-state index in [9.17, 15) is 0 Å². The van der Waals surface area contributed by atoms with Gasteiger partial charge in [-0.15, -0.1) is 12.3 Å². The molecule has 0 heterocycles. The molecule has 0 unspecified atom stereocenters. The summed E-state index contributed by atoms with van der Waals surface area (Å²) in [5.41, 5.74) is 6.58. The van der Waals surface area contributed by atoms with E-state index in [4.69, 9.17) is 12.2 Å². The molecule has 0 spiro atoms. The maximum atomic E-state index is 6.15. The molecule has 0 bridgehead atoms. The smallest absolute Gasteiger partial charge is 0.0267 e. The fourth-order valence-corrected chi connectivity index (χ4v) is 1.80. The second-order valence-electron chi connectivity index (χ2n) is 4.91. The Morgan fingerprint density at radius 1 is 1.25 bits per heavy atom. The second-order valence-corrected chi connectivity index (χ2v) is 4.91. The molecule has 1 saturated carbocycles. The van der Waals surface area contributed by atoms with E-state index in [0.29, 0.717) is 5.41 Å². The highest BCUT2D eigenvalue weighted by Crippen LogP contribution is 2.40. The molecule has 68 valence electrons. The van der Waals surface area contributed by atoms with E-state index >= 15 is 0 Å². The highest BCUT2D eigenvalue weighted by molar-refractivity contribution is 5.01. The Morgan fingerprint density at radius 2 is 1.75 bits per heavy atom. The van der Waals surface area contributed by atoms with Crippen LogP contribution in [0.3, 0.4) is 0 Å². The Labute approximate surface area is 75.7 Å². The van der Waals surface area contributed by atoms with Crippen LogP contribution in [0.15, 0.2) is 0 Å². The molecule has 0 saturated heterocycles. The predicted octanol–water partition coefficient (Wildman–Crippen LogP) is 2.31. The van der Waals surface area contributed by atoms with Crippen LogP contribution in [0.1, 0.15) is 46.0 Å². The van der Waals surface area contributed by atoms with Crippen molar-refractivity contribution in [3.63, 3.8) is 0 Å². The van der Waals surface area contributed by atoms with E-state index < -0.39 is 0 Å². The lowest BCUT2D eigenvalue weighted by Gasteiger charge is -2.40. The van der Waals surface area contributed by atoms with E-state index in [1.54, 1.807) is 0 Å². The third kappa shape index (κ3) is 2.25. The van der Waals surface area contributed by atoms with E-state index in [1.807, 2.05) is 0 Å². The monoisotopic (exact) mass is 165 g/mol. The highest BCUT2D eigenvalue weighted by Gasteiger charge is 2.34. The lowest BCUT2D eigenvalue weighted by molar-refractivity contribution is 0.168. The first-order chi connectivity index (χ1) is 5.47. The van der Waals surface area contributed by atoms with Gasteiger partial charge in [0.05, 0.1) is 0 Å². The molecular formula is C11H19N. The Hall–Kier alpha value is -0.480. The summed E-state index contributed by atoms with van der Waals surface area (Å²) in [5.74, 6) is 2.68. The molecule has 12 heavy (non-hydrogen) atoms. The Morgan fingerprint density at radius 3 is 2.17 bits per heavy atom. The summed E-state index contributed by atoms with van der Waals surface area (Å²) < 4.78 is 0. The molecule has 1 heteroatoms. The van der Waals surface area contributed by atoms with Gasteiger partial charge in [0, 0.05) is 12.0 Å². The first-order valence-corrected chi connectivity index (χ1v) is 4.70. The predicted molar refractivity (Wildman–Crippen MR) is 52.6 cm³/mol. The molecule has 0 aromatic heterocycles. The van der Waals surface area contributed by atoms with E-state index in [1.165, 1.54) is 12.8 Å². The topological polar surface area (TPSA) is 26.0 Å². The third-order valence-corrected chi connectivity index (χ3v) is 3.05. The maximum absolute atomic E-state index is 6.15. The van der Waals surface area contributed by atoms with Crippen molar-refractivity contribution in [1.29, 1.82) is 0 Å². The third-order valence-electron chi connectivity index (χ3n) is 3.05. The van der Waals surface area contributed by atoms with E-state index in [2.05, 4.69) is 19.8 Å². The van der Waals surface area contributed by atoms with Crippen molar-refractivity contribution < 1.29 is 0 Å². The molecule has 2 N–H and O–H groups in total.